The van der Waals surface area contributed by atoms with Gasteiger partial charge in [0.15, 0.2) is 11.6 Å². The summed E-state index contributed by atoms with van der Waals surface area (Å²) in [5.74, 6) is -3.81. The molecule has 0 saturated carbocycles. The van der Waals surface area contributed by atoms with Crippen LogP contribution in [-0.2, 0) is 0 Å². The number of methoxy groups -OCH3 is 2. The number of ether oxygens (including phenoxy) is 2. The second-order valence-corrected chi connectivity index (χ2v) is 4.16. The minimum atomic E-state index is -0.922. The van der Waals surface area contributed by atoms with Crippen molar-refractivity contribution in [3.05, 3.63) is 47.5 Å². The maximum atomic E-state index is 13.8. The first-order chi connectivity index (χ1) is 9.96. The second kappa shape index (κ2) is 6.07. The van der Waals surface area contributed by atoms with Crippen LogP contribution in [-0.4, -0.2) is 21.5 Å². The number of halogens is 4. The molecule has 0 aliphatic carbocycles. The van der Waals surface area contributed by atoms with E-state index in [1.165, 1.54) is 14.2 Å². The van der Waals surface area contributed by atoms with Gasteiger partial charge in [-0.2, -0.15) is 0 Å². The summed E-state index contributed by atoms with van der Waals surface area (Å²) in [6.45, 7) is 0. The monoisotopic (exact) mass is 297 g/mol. The number of benzene rings is 2. The largest absolute Gasteiger partial charge is 0.497 e. The molecule has 0 N–H and O–H groups in total. The Bertz CT molecular complexity index is 677. The highest BCUT2D eigenvalue weighted by atomic mass is 19.1. The summed E-state index contributed by atoms with van der Waals surface area (Å²) in [5, 5.41) is 0. The smallest absolute Gasteiger partial charge is 0.204 e. The van der Waals surface area contributed by atoms with Gasteiger partial charge in [0, 0.05) is 18.2 Å². The van der Waals surface area contributed by atoms with E-state index >= 15 is 0 Å². The van der Waals surface area contributed by atoms with Gasteiger partial charge in [-0.15, -0.1) is 0 Å². The minimum absolute atomic E-state index is 0.102. The van der Waals surface area contributed by atoms with Crippen LogP contribution in [0, 0.1) is 23.3 Å². The lowest BCUT2D eigenvalue weighted by Crippen LogP contribution is -2.33. The molecule has 0 unspecified atom stereocenters. The third kappa shape index (κ3) is 3.12. The van der Waals surface area contributed by atoms with E-state index in [1.807, 2.05) is 0 Å². The van der Waals surface area contributed by atoms with Crippen LogP contribution in [0.3, 0.4) is 0 Å². The number of rotatable bonds is 4. The van der Waals surface area contributed by atoms with E-state index in [1.54, 1.807) is 0 Å². The summed E-state index contributed by atoms with van der Waals surface area (Å²) in [7, 11) is 3.54. The summed E-state index contributed by atoms with van der Waals surface area (Å²) in [6, 6.07) is 3.31. The predicted octanol–water partition coefficient (Wildman–Crippen LogP) is 1.92. The third-order valence-electron chi connectivity index (χ3n) is 2.85. The van der Waals surface area contributed by atoms with Crippen LogP contribution in [0.4, 0.5) is 17.6 Å². The lowest BCUT2D eigenvalue weighted by Gasteiger charge is -2.11. The van der Waals surface area contributed by atoms with E-state index in [2.05, 4.69) is 0 Å². The van der Waals surface area contributed by atoms with Gasteiger partial charge in [0.25, 0.3) is 0 Å². The van der Waals surface area contributed by atoms with Crippen LogP contribution in [0.1, 0.15) is 0 Å². The molecule has 2 nitrogen and oxygen atoms in total. The molecule has 0 atom stereocenters. The Labute approximate surface area is 119 Å². The van der Waals surface area contributed by atoms with Gasteiger partial charge in [-0.1, -0.05) is 0 Å². The first-order valence-electron chi connectivity index (χ1n) is 5.87. The van der Waals surface area contributed by atoms with Gasteiger partial charge in [-0.25, -0.2) is 17.6 Å². The van der Waals surface area contributed by atoms with Crippen molar-refractivity contribution in [2.24, 2.45) is 0 Å². The lowest BCUT2D eigenvalue weighted by atomic mass is 9.63. The Morgan fingerprint density at radius 1 is 0.762 bits per heavy atom. The van der Waals surface area contributed by atoms with Crippen molar-refractivity contribution in [3.8, 4) is 11.5 Å². The predicted molar refractivity (Wildman–Crippen MR) is 70.8 cm³/mol. The van der Waals surface area contributed by atoms with Crippen LogP contribution >= 0.6 is 0 Å². The third-order valence-corrected chi connectivity index (χ3v) is 2.85. The van der Waals surface area contributed by atoms with Gasteiger partial charge in [0.2, 0.25) is 7.28 Å². The zero-order valence-electron chi connectivity index (χ0n) is 11.2. The van der Waals surface area contributed by atoms with Crippen LogP contribution in [0.2, 0.25) is 0 Å². The molecule has 0 amide bonds. The maximum absolute atomic E-state index is 13.8. The molecule has 0 fully saturated rings. The van der Waals surface area contributed by atoms with E-state index in [-0.39, 0.29) is 22.4 Å². The van der Waals surface area contributed by atoms with Gasteiger partial charge in [-0.05, 0) is 17.0 Å². The summed E-state index contributed by atoms with van der Waals surface area (Å²) in [6.07, 6.45) is 0. The fourth-order valence-electron chi connectivity index (χ4n) is 1.84. The zero-order valence-corrected chi connectivity index (χ0v) is 11.2. The molecule has 109 valence electrons. The molecular formula is C14H10BF4O2. The van der Waals surface area contributed by atoms with E-state index < -0.39 is 23.3 Å². The molecule has 0 heterocycles. The summed E-state index contributed by atoms with van der Waals surface area (Å²) in [4.78, 5) is 0. The van der Waals surface area contributed by atoms with E-state index in [0.717, 1.165) is 19.4 Å². The molecule has 0 bridgehead atoms. The zero-order chi connectivity index (χ0) is 15.6. The standard InChI is InChI=1S/C14H10BF4O2/c1-20-12-5-8(9(17)6-10(12)18)15-14-11(19)3-7(16)4-13(14)21-2/h3-6H,1-2H3. The molecular weight excluding hydrogens is 287 g/mol. The van der Waals surface area contributed by atoms with Crippen molar-refractivity contribution in [2.45, 2.75) is 0 Å². The Morgan fingerprint density at radius 3 is 2.05 bits per heavy atom. The minimum Gasteiger partial charge on any atom is -0.497 e. The molecule has 0 saturated heterocycles. The lowest BCUT2D eigenvalue weighted by molar-refractivity contribution is 0.385. The Kier molecular flexibility index (Phi) is 4.40. The average molecular weight is 297 g/mol. The Morgan fingerprint density at radius 2 is 1.43 bits per heavy atom. The SMILES string of the molecule is COc1cc([B]c2c(F)cc(F)cc2OC)c(F)cc1F. The van der Waals surface area contributed by atoms with Crippen LogP contribution in [0.15, 0.2) is 24.3 Å². The second-order valence-electron chi connectivity index (χ2n) is 4.16. The van der Waals surface area contributed by atoms with Gasteiger partial charge >= 0.3 is 0 Å². The number of hydrogen-bond donors (Lipinski definition) is 0. The average Bonchev–Trinajstić information content (AvgIpc) is 2.43. The highest BCUT2D eigenvalue weighted by molar-refractivity contribution is 6.68. The fourth-order valence-corrected chi connectivity index (χ4v) is 1.84. The molecule has 0 aliphatic rings. The van der Waals surface area contributed by atoms with Crippen LogP contribution < -0.4 is 20.4 Å². The Balaban J connectivity index is 2.47. The van der Waals surface area contributed by atoms with Crippen molar-refractivity contribution in [3.63, 3.8) is 0 Å². The first kappa shape index (κ1) is 15.2. The summed E-state index contributed by atoms with van der Waals surface area (Å²) in [5.41, 5.74) is -0.261. The molecule has 21 heavy (non-hydrogen) atoms. The van der Waals surface area contributed by atoms with E-state index in [4.69, 9.17) is 9.47 Å². The molecule has 2 rings (SSSR count). The molecule has 2 aromatic carbocycles. The molecule has 2 aromatic rings. The number of hydrogen-bond acceptors (Lipinski definition) is 2. The van der Waals surface area contributed by atoms with Gasteiger partial charge < -0.3 is 9.47 Å². The molecule has 0 spiro atoms. The van der Waals surface area contributed by atoms with Crippen molar-refractivity contribution >= 4 is 18.2 Å². The van der Waals surface area contributed by atoms with Crippen molar-refractivity contribution in [2.75, 3.05) is 14.2 Å². The van der Waals surface area contributed by atoms with E-state index in [9.17, 15) is 17.6 Å². The van der Waals surface area contributed by atoms with Gasteiger partial charge in [0.05, 0.1) is 14.2 Å². The fraction of sp³-hybridized carbons (Fsp3) is 0.143. The maximum Gasteiger partial charge on any atom is 0.204 e. The summed E-state index contributed by atoms with van der Waals surface area (Å²) < 4.78 is 63.6. The van der Waals surface area contributed by atoms with Crippen LogP contribution in [0.25, 0.3) is 0 Å². The molecule has 1 radical (unpaired) electrons. The molecule has 0 aromatic heterocycles. The van der Waals surface area contributed by atoms with Crippen molar-refractivity contribution in [1.82, 2.24) is 0 Å². The Hall–Kier alpha value is -2.18. The highest BCUT2D eigenvalue weighted by Gasteiger charge is 2.18. The van der Waals surface area contributed by atoms with Gasteiger partial charge in [-0.3, -0.25) is 0 Å². The topological polar surface area (TPSA) is 18.5 Å². The first-order valence-corrected chi connectivity index (χ1v) is 5.87. The normalized spacial score (nSPS) is 10.4. The van der Waals surface area contributed by atoms with Gasteiger partial charge in [0.1, 0.15) is 23.2 Å². The quantitative estimate of drug-likeness (QED) is 0.634. The van der Waals surface area contributed by atoms with E-state index in [0.29, 0.717) is 12.1 Å². The van der Waals surface area contributed by atoms with Crippen LogP contribution in [0.5, 0.6) is 11.5 Å². The molecule has 7 heteroatoms. The highest BCUT2D eigenvalue weighted by Crippen LogP contribution is 2.17. The van der Waals surface area contributed by atoms with Crippen molar-refractivity contribution < 1.29 is 27.0 Å². The summed E-state index contributed by atoms with van der Waals surface area (Å²) >= 11 is 0. The van der Waals surface area contributed by atoms with Crippen molar-refractivity contribution in [1.29, 1.82) is 0 Å². The molecule has 0 aliphatic heterocycles.